The zero-order valence-electron chi connectivity index (χ0n) is 23.4. The number of non-ortho nitro benzene ring substituents is 1. The first-order valence-corrected chi connectivity index (χ1v) is 15.0. The van der Waals surface area contributed by atoms with E-state index in [0.29, 0.717) is 28.7 Å². The third-order valence-corrected chi connectivity index (χ3v) is 8.43. The molecule has 3 aromatic carbocycles. The van der Waals surface area contributed by atoms with Crippen molar-refractivity contribution in [1.82, 2.24) is 9.97 Å². The fraction of sp³-hybridized carbons (Fsp3) is 0.0968. The highest BCUT2D eigenvalue weighted by atomic mass is 32.2. The van der Waals surface area contributed by atoms with E-state index >= 15 is 0 Å². The third kappa shape index (κ3) is 6.92. The van der Waals surface area contributed by atoms with Crippen LogP contribution in [0, 0.1) is 20.2 Å². The molecule has 13 nitrogen and oxygen atoms in total. The maximum atomic E-state index is 13.7. The largest absolute Gasteiger partial charge is 0.388 e. The minimum atomic E-state index is -4.66. The van der Waals surface area contributed by atoms with Gasteiger partial charge in [0.15, 0.2) is 4.90 Å². The molecule has 14 heteroatoms. The van der Waals surface area contributed by atoms with Gasteiger partial charge in [0.2, 0.25) is 0 Å². The van der Waals surface area contributed by atoms with Crippen molar-refractivity contribution in [1.29, 1.82) is 0 Å². The molecule has 0 fully saturated rings. The van der Waals surface area contributed by atoms with Gasteiger partial charge in [0.1, 0.15) is 5.82 Å². The normalized spacial score (nSPS) is 13.3. The molecule has 0 aliphatic rings. The molecule has 5 rings (SSSR count). The molecule has 5 aromatic rings. The van der Waals surface area contributed by atoms with E-state index in [4.69, 9.17) is 0 Å². The predicted molar refractivity (Wildman–Crippen MR) is 166 cm³/mol. The predicted octanol–water partition coefficient (Wildman–Crippen LogP) is 5.76. The molecule has 0 aliphatic carbocycles. The molecule has 0 spiro atoms. The van der Waals surface area contributed by atoms with Gasteiger partial charge in [-0.25, -0.2) is 13.4 Å². The number of sulfonamides is 1. The molecule has 0 amide bonds. The van der Waals surface area contributed by atoms with Gasteiger partial charge in [0.05, 0.1) is 39.7 Å². The molecule has 0 bridgehead atoms. The summed E-state index contributed by atoms with van der Waals surface area (Å²) < 4.78 is 29.7. The molecular formula is C31H26N6O7S. The number of nitrogens with one attached hydrogen (secondary N) is 2. The Kier molecular flexibility index (Phi) is 9.07. The van der Waals surface area contributed by atoms with Crippen LogP contribution >= 0.6 is 0 Å². The molecule has 0 aliphatic heterocycles. The van der Waals surface area contributed by atoms with E-state index in [9.17, 15) is 33.8 Å². The van der Waals surface area contributed by atoms with Crippen molar-refractivity contribution in [2.45, 2.75) is 23.0 Å². The SMILES string of the molecule is O=[N+]([O-])c1ccc(S(=O)(=O)Nc2ccccc2C(Nc2ccccn2)C(c2ccccn2)C(O)c2ccccc2)c([N+](=O)[O-])c1. The summed E-state index contributed by atoms with van der Waals surface area (Å²) in [7, 11) is -4.66. The minimum Gasteiger partial charge on any atom is -0.388 e. The van der Waals surface area contributed by atoms with Crippen molar-refractivity contribution >= 4 is 32.9 Å². The highest BCUT2D eigenvalue weighted by Gasteiger charge is 2.36. The molecular weight excluding hydrogens is 600 g/mol. The molecule has 0 saturated heterocycles. The van der Waals surface area contributed by atoms with E-state index in [1.807, 2.05) is 6.07 Å². The molecule has 2 aromatic heterocycles. The number of nitro groups is 2. The first-order valence-electron chi connectivity index (χ1n) is 13.5. The van der Waals surface area contributed by atoms with Gasteiger partial charge in [0, 0.05) is 24.2 Å². The quantitative estimate of drug-likeness (QED) is 0.113. The number of para-hydroxylation sites is 1. The van der Waals surface area contributed by atoms with Crippen molar-refractivity contribution in [2.75, 3.05) is 10.0 Å². The van der Waals surface area contributed by atoms with Crippen LogP contribution in [0.25, 0.3) is 0 Å². The Morgan fingerprint density at radius 1 is 0.756 bits per heavy atom. The van der Waals surface area contributed by atoms with Crippen LogP contribution in [0.15, 0.2) is 126 Å². The molecule has 2 heterocycles. The third-order valence-electron chi connectivity index (χ3n) is 7.02. The summed E-state index contributed by atoms with van der Waals surface area (Å²) in [6, 6.07) is 27.2. The summed E-state index contributed by atoms with van der Waals surface area (Å²) >= 11 is 0. The average Bonchev–Trinajstić information content (AvgIpc) is 3.05. The summed E-state index contributed by atoms with van der Waals surface area (Å²) in [5.41, 5.74) is -0.106. The number of hydrogen-bond acceptors (Lipinski definition) is 10. The number of hydrogen-bond donors (Lipinski definition) is 3. The number of rotatable bonds is 12. The Morgan fingerprint density at radius 2 is 1.42 bits per heavy atom. The van der Waals surface area contributed by atoms with E-state index in [1.165, 1.54) is 6.07 Å². The zero-order valence-corrected chi connectivity index (χ0v) is 24.2. The molecule has 0 radical (unpaired) electrons. The smallest absolute Gasteiger partial charge is 0.296 e. The first kappa shape index (κ1) is 30.7. The topological polar surface area (TPSA) is 190 Å². The molecule has 3 atom stereocenters. The number of nitro benzene ring substituents is 2. The second-order valence-electron chi connectivity index (χ2n) is 9.83. The highest BCUT2D eigenvalue weighted by molar-refractivity contribution is 7.92. The number of benzene rings is 3. The van der Waals surface area contributed by atoms with E-state index in [2.05, 4.69) is 20.0 Å². The van der Waals surface area contributed by atoms with E-state index in [-0.39, 0.29) is 5.69 Å². The lowest BCUT2D eigenvalue weighted by Gasteiger charge is -2.33. The summed E-state index contributed by atoms with van der Waals surface area (Å²) in [4.78, 5) is 29.3. The highest BCUT2D eigenvalue weighted by Crippen LogP contribution is 2.44. The number of aromatic nitrogens is 2. The second kappa shape index (κ2) is 13.3. The van der Waals surface area contributed by atoms with Crippen molar-refractivity contribution in [3.8, 4) is 0 Å². The van der Waals surface area contributed by atoms with Gasteiger partial charge in [-0.1, -0.05) is 60.7 Å². The fourth-order valence-electron chi connectivity index (χ4n) is 4.96. The lowest BCUT2D eigenvalue weighted by atomic mass is 9.82. The lowest BCUT2D eigenvalue weighted by molar-refractivity contribution is -0.396. The number of aliphatic hydroxyl groups excluding tert-OH is 1. The minimum absolute atomic E-state index is 0.0415. The molecule has 228 valence electrons. The monoisotopic (exact) mass is 626 g/mol. The van der Waals surface area contributed by atoms with Crippen LogP contribution in [0.3, 0.4) is 0 Å². The van der Waals surface area contributed by atoms with Crippen molar-refractivity contribution in [3.63, 3.8) is 0 Å². The molecule has 3 N–H and O–H groups in total. The second-order valence-corrected chi connectivity index (χ2v) is 11.5. The van der Waals surface area contributed by atoms with E-state index < -0.39 is 54.2 Å². The van der Waals surface area contributed by atoms with Crippen LogP contribution in [0.2, 0.25) is 0 Å². The van der Waals surface area contributed by atoms with E-state index in [0.717, 1.165) is 12.1 Å². The Morgan fingerprint density at radius 3 is 2.07 bits per heavy atom. The number of anilines is 2. The first-order chi connectivity index (χ1) is 21.7. The van der Waals surface area contributed by atoms with Gasteiger partial charge in [-0.15, -0.1) is 0 Å². The van der Waals surface area contributed by atoms with Gasteiger partial charge in [-0.05, 0) is 47.5 Å². The van der Waals surface area contributed by atoms with Crippen LogP contribution in [-0.2, 0) is 10.0 Å². The summed E-state index contributed by atoms with van der Waals surface area (Å²) in [5.74, 6) is -0.387. The van der Waals surface area contributed by atoms with Crippen LogP contribution in [-0.4, -0.2) is 33.3 Å². The zero-order chi connectivity index (χ0) is 32.0. The average molecular weight is 627 g/mol. The van der Waals surface area contributed by atoms with Crippen LogP contribution < -0.4 is 10.0 Å². The Bertz CT molecular complexity index is 1910. The fourth-order valence-corrected chi connectivity index (χ4v) is 6.21. The lowest BCUT2D eigenvalue weighted by Crippen LogP contribution is -2.27. The summed E-state index contributed by atoms with van der Waals surface area (Å²) in [5, 5.41) is 38.2. The Hall–Kier alpha value is -5.73. The number of pyridine rings is 2. The van der Waals surface area contributed by atoms with Crippen molar-refractivity contribution in [3.05, 3.63) is 159 Å². The maximum absolute atomic E-state index is 13.7. The Balaban J connectivity index is 1.66. The number of nitrogens with zero attached hydrogens (tertiary/aromatic N) is 4. The molecule has 3 unspecified atom stereocenters. The van der Waals surface area contributed by atoms with Crippen molar-refractivity contribution < 1.29 is 23.4 Å². The van der Waals surface area contributed by atoms with Gasteiger partial charge < -0.3 is 10.4 Å². The van der Waals surface area contributed by atoms with Crippen LogP contribution in [0.5, 0.6) is 0 Å². The van der Waals surface area contributed by atoms with Crippen LogP contribution in [0.1, 0.15) is 34.9 Å². The van der Waals surface area contributed by atoms with Gasteiger partial charge >= 0.3 is 0 Å². The maximum Gasteiger partial charge on any atom is 0.296 e. The van der Waals surface area contributed by atoms with Crippen molar-refractivity contribution in [2.24, 2.45) is 0 Å². The standard InChI is InChI=1S/C31H26N6O7S/c38-31(21-10-2-1-3-11-21)29(25-14-6-8-18-32-25)30(34-28-15-7-9-19-33-28)23-12-4-5-13-24(23)35-45(43,44)27-17-16-22(36(39)40)20-26(27)37(41)42/h1-20,29-31,35,38H,(H,33,34). The Labute approximate surface area is 257 Å². The molecule has 0 saturated carbocycles. The van der Waals surface area contributed by atoms with Gasteiger partial charge in [0.25, 0.3) is 21.4 Å². The summed E-state index contributed by atoms with van der Waals surface area (Å²) in [6.07, 6.45) is 2.02. The van der Waals surface area contributed by atoms with Gasteiger partial charge in [-0.3, -0.25) is 29.9 Å². The number of aliphatic hydroxyl groups is 1. The van der Waals surface area contributed by atoms with Crippen LogP contribution in [0.4, 0.5) is 22.9 Å². The summed E-state index contributed by atoms with van der Waals surface area (Å²) in [6.45, 7) is 0. The molecule has 45 heavy (non-hydrogen) atoms. The van der Waals surface area contributed by atoms with E-state index in [1.54, 1.807) is 91.3 Å². The van der Waals surface area contributed by atoms with Gasteiger partial charge in [-0.2, -0.15) is 0 Å².